The average molecular weight is 296 g/mol. The summed E-state index contributed by atoms with van der Waals surface area (Å²) >= 11 is 3.48. The van der Waals surface area contributed by atoms with Crippen molar-refractivity contribution in [2.24, 2.45) is 0 Å². The van der Waals surface area contributed by atoms with E-state index < -0.39 is 0 Å². The van der Waals surface area contributed by atoms with Crippen LogP contribution in [0.15, 0.2) is 16.5 Å². The molecule has 0 amide bonds. The Morgan fingerprint density at radius 3 is 2.95 bits per heavy atom. The Morgan fingerprint density at radius 1 is 1.37 bits per heavy atom. The summed E-state index contributed by atoms with van der Waals surface area (Å²) in [7, 11) is 4.18. The topological polar surface area (TPSA) is 41.1 Å². The molecule has 0 atom stereocenters. The molecule has 0 aliphatic rings. The van der Waals surface area contributed by atoms with Gasteiger partial charge >= 0.3 is 0 Å². The van der Waals surface area contributed by atoms with Crippen molar-refractivity contribution < 1.29 is 0 Å². The Bertz CT molecular complexity index is 524. The zero-order valence-electron chi connectivity index (χ0n) is 11.6. The fourth-order valence-corrected chi connectivity index (χ4v) is 3.53. The van der Waals surface area contributed by atoms with Crippen molar-refractivity contribution in [3.63, 3.8) is 0 Å². The number of hydrogen-bond acceptors (Lipinski definition) is 6. The van der Waals surface area contributed by atoms with Gasteiger partial charge in [-0.1, -0.05) is 6.92 Å². The van der Waals surface area contributed by atoms with Gasteiger partial charge in [-0.05, 0) is 32.0 Å². The first-order valence-corrected chi connectivity index (χ1v) is 8.34. The van der Waals surface area contributed by atoms with E-state index in [1.54, 1.807) is 23.1 Å². The third-order valence-corrected chi connectivity index (χ3v) is 4.38. The van der Waals surface area contributed by atoms with Crippen molar-refractivity contribution in [1.82, 2.24) is 14.9 Å². The second kappa shape index (κ2) is 7.07. The number of fused-ring (bicyclic) bond motifs is 1. The number of nitrogens with zero attached hydrogens (tertiary/aromatic N) is 3. The summed E-state index contributed by atoms with van der Waals surface area (Å²) in [5.41, 5.74) is 0. The van der Waals surface area contributed by atoms with Crippen molar-refractivity contribution >= 4 is 39.3 Å². The first kappa shape index (κ1) is 14.6. The minimum atomic E-state index is 0.754. The third kappa shape index (κ3) is 4.06. The molecule has 0 aliphatic heterocycles. The van der Waals surface area contributed by atoms with E-state index in [0.717, 1.165) is 41.1 Å². The van der Waals surface area contributed by atoms with Crippen LogP contribution in [-0.2, 0) is 0 Å². The van der Waals surface area contributed by atoms with Crippen LogP contribution in [0.1, 0.15) is 13.3 Å². The Labute approximate surface area is 122 Å². The number of hydrogen-bond donors (Lipinski definition) is 1. The molecule has 4 nitrogen and oxygen atoms in total. The van der Waals surface area contributed by atoms with Crippen molar-refractivity contribution in [3.05, 3.63) is 11.4 Å². The van der Waals surface area contributed by atoms with Crippen LogP contribution in [0.2, 0.25) is 0 Å². The van der Waals surface area contributed by atoms with E-state index in [0.29, 0.717) is 0 Å². The molecule has 0 unspecified atom stereocenters. The molecule has 0 saturated carbocycles. The summed E-state index contributed by atoms with van der Waals surface area (Å²) in [6, 6.07) is 2.11. The van der Waals surface area contributed by atoms with Gasteiger partial charge in [0.15, 0.2) is 0 Å². The molecular weight excluding hydrogens is 276 g/mol. The van der Waals surface area contributed by atoms with E-state index in [9.17, 15) is 0 Å². The summed E-state index contributed by atoms with van der Waals surface area (Å²) in [5.74, 6) is 1.80. The predicted octanol–water partition coefficient (Wildman–Crippen LogP) is 3.17. The van der Waals surface area contributed by atoms with Crippen molar-refractivity contribution in [3.8, 4) is 0 Å². The van der Waals surface area contributed by atoms with E-state index in [1.165, 1.54) is 5.39 Å². The normalized spacial score (nSPS) is 11.4. The monoisotopic (exact) mass is 296 g/mol. The highest BCUT2D eigenvalue weighted by Crippen LogP contribution is 2.29. The van der Waals surface area contributed by atoms with E-state index in [1.807, 2.05) is 0 Å². The fraction of sp³-hybridized carbons (Fsp3) is 0.538. The van der Waals surface area contributed by atoms with Gasteiger partial charge in [-0.2, -0.15) is 0 Å². The third-order valence-electron chi connectivity index (χ3n) is 2.60. The second-order valence-corrected chi connectivity index (χ2v) is 6.55. The van der Waals surface area contributed by atoms with Gasteiger partial charge in [0.1, 0.15) is 9.86 Å². The lowest BCUT2D eigenvalue weighted by Crippen LogP contribution is -2.15. The second-order valence-electron chi connectivity index (χ2n) is 4.57. The smallest absolute Gasteiger partial charge is 0.225 e. The van der Waals surface area contributed by atoms with Gasteiger partial charge in [0.2, 0.25) is 5.95 Å². The summed E-state index contributed by atoms with van der Waals surface area (Å²) in [5, 5.41) is 7.63. The Kier molecular flexibility index (Phi) is 5.42. The molecule has 0 saturated heterocycles. The van der Waals surface area contributed by atoms with Gasteiger partial charge in [0, 0.05) is 24.2 Å². The highest BCUT2D eigenvalue weighted by atomic mass is 32.2. The van der Waals surface area contributed by atoms with Crippen molar-refractivity contribution in [2.75, 3.05) is 38.3 Å². The average Bonchev–Trinajstić information content (AvgIpc) is 2.84. The van der Waals surface area contributed by atoms with Crippen molar-refractivity contribution in [1.29, 1.82) is 0 Å². The van der Waals surface area contributed by atoms with Gasteiger partial charge in [-0.15, -0.1) is 23.1 Å². The lowest BCUT2D eigenvalue weighted by Gasteiger charge is -2.10. The van der Waals surface area contributed by atoms with Crippen LogP contribution in [-0.4, -0.2) is 47.8 Å². The predicted molar refractivity (Wildman–Crippen MR) is 85.5 cm³/mol. The van der Waals surface area contributed by atoms with E-state index in [-0.39, 0.29) is 0 Å². The van der Waals surface area contributed by atoms with E-state index >= 15 is 0 Å². The van der Waals surface area contributed by atoms with E-state index in [2.05, 4.69) is 52.7 Å². The first-order valence-electron chi connectivity index (χ1n) is 6.47. The molecular formula is C13H20N4S2. The number of aromatic nitrogens is 2. The summed E-state index contributed by atoms with van der Waals surface area (Å²) in [4.78, 5) is 12.4. The zero-order valence-corrected chi connectivity index (χ0v) is 13.3. The van der Waals surface area contributed by atoms with Crippen molar-refractivity contribution in [2.45, 2.75) is 18.4 Å². The minimum absolute atomic E-state index is 0.754. The Morgan fingerprint density at radius 2 is 2.21 bits per heavy atom. The maximum Gasteiger partial charge on any atom is 0.225 e. The maximum absolute atomic E-state index is 4.64. The highest BCUT2D eigenvalue weighted by Gasteiger charge is 2.09. The molecule has 0 aliphatic carbocycles. The molecule has 19 heavy (non-hydrogen) atoms. The number of rotatable bonds is 7. The quantitative estimate of drug-likeness (QED) is 0.628. The number of anilines is 1. The van der Waals surface area contributed by atoms with Gasteiger partial charge in [-0.3, -0.25) is 0 Å². The molecule has 0 radical (unpaired) electrons. The Balaban J connectivity index is 2.16. The Hall–Kier alpha value is -0.850. The molecule has 0 aromatic carbocycles. The van der Waals surface area contributed by atoms with Crippen LogP contribution in [0.25, 0.3) is 10.2 Å². The molecule has 1 N–H and O–H groups in total. The van der Waals surface area contributed by atoms with Crippen LogP contribution in [0, 0.1) is 0 Å². The van der Waals surface area contributed by atoms with Gasteiger partial charge in [-0.25, -0.2) is 9.97 Å². The van der Waals surface area contributed by atoms with Crippen LogP contribution < -0.4 is 5.32 Å². The molecule has 0 bridgehead atoms. The fourth-order valence-electron chi connectivity index (χ4n) is 1.58. The summed E-state index contributed by atoms with van der Waals surface area (Å²) in [6.07, 6.45) is 1.08. The molecule has 0 spiro atoms. The number of thioether (sulfide) groups is 1. The van der Waals surface area contributed by atoms with E-state index in [4.69, 9.17) is 0 Å². The zero-order chi connectivity index (χ0) is 13.7. The SMILES string of the molecule is CCCNc1nc(SCCN(C)C)c2ccsc2n1. The molecule has 2 aromatic heterocycles. The minimum Gasteiger partial charge on any atom is -0.354 e. The van der Waals surface area contributed by atoms with Crippen LogP contribution in [0.3, 0.4) is 0 Å². The number of nitrogens with one attached hydrogen (secondary N) is 1. The summed E-state index contributed by atoms with van der Waals surface area (Å²) < 4.78 is 0. The first-order chi connectivity index (χ1) is 9.20. The lowest BCUT2D eigenvalue weighted by molar-refractivity contribution is 0.437. The van der Waals surface area contributed by atoms with Gasteiger partial charge in [0.25, 0.3) is 0 Å². The molecule has 2 heterocycles. The molecule has 2 rings (SSSR count). The highest BCUT2D eigenvalue weighted by molar-refractivity contribution is 7.99. The standard InChI is InChI=1S/C13H20N4S2/c1-4-6-14-13-15-11-10(5-8-18-11)12(16-13)19-9-7-17(2)3/h5,8H,4,6-7,9H2,1-3H3,(H,14,15,16). The molecule has 104 valence electrons. The lowest BCUT2D eigenvalue weighted by atomic mass is 10.4. The largest absolute Gasteiger partial charge is 0.354 e. The van der Waals surface area contributed by atoms with Gasteiger partial charge in [0.05, 0.1) is 0 Å². The summed E-state index contributed by atoms with van der Waals surface area (Å²) in [6.45, 7) is 4.11. The maximum atomic E-state index is 4.64. The van der Waals surface area contributed by atoms with Crippen LogP contribution in [0.5, 0.6) is 0 Å². The van der Waals surface area contributed by atoms with Crippen LogP contribution in [0.4, 0.5) is 5.95 Å². The van der Waals surface area contributed by atoms with Crippen LogP contribution >= 0.6 is 23.1 Å². The number of thiophene rings is 1. The molecule has 6 heteroatoms. The molecule has 0 fully saturated rings. The van der Waals surface area contributed by atoms with Gasteiger partial charge < -0.3 is 10.2 Å². The molecule has 2 aromatic rings.